The van der Waals surface area contributed by atoms with Crippen molar-refractivity contribution in [1.82, 2.24) is 4.90 Å². The van der Waals surface area contributed by atoms with E-state index in [1.54, 1.807) is 0 Å². The Morgan fingerprint density at radius 2 is 2.00 bits per heavy atom. The van der Waals surface area contributed by atoms with E-state index < -0.39 is 23.8 Å². The number of hydrogen-bond acceptors (Lipinski definition) is 4. The molecule has 5 nitrogen and oxygen atoms in total. The first-order valence-corrected chi connectivity index (χ1v) is 5.14. The molecule has 0 aliphatic carbocycles. The number of hydrogen-bond donors (Lipinski definition) is 1. The summed E-state index contributed by atoms with van der Waals surface area (Å²) in [4.78, 5) is 23.2. The van der Waals surface area contributed by atoms with Gasteiger partial charge in [0.25, 0.3) is 5.91 Å². The minimum absolute atomic E-state index is 0.127. The monoisotopic (exact) mass is 278 g/mol. The van der Waals surface area contributed by atoms with Crippen LogP contribution in [0.5, 0.6) is 0 Å². The zero-order chi connectivity index (χ0) is 15.1. The molecule has 0 fully saturated rings. The lowest BCUT2D eigenvalue weighted by atomic mass is 10.3. The number of carbonyl (C=O) groups excluding carboxylic acids is 2. The van der Waals surface area contributed by atoms with Crippen LogP contribution in [-0.2, 0) is 14.3 Å². The van der Waals surface area contributed by atoms with E-state index in [4.69, 9.17) is 12.2 Å². The zero-order valence-corrected chi connectivity index (χ0v) is 10.00. The van der Waals surface area contributed by atoms with Crippen LogP contribution in [0.15, 0.2) is 12.3 Å². The minimum atomic E-state index is -5.20. The van der Waals surface area contributed by atoms with Crippen molar-refractivity contribution in [2.45, 2.75) is 12.6 Å². The number of halogens is 3. The first kappa shape index (κ1) is 17.0. The molecule has 2 N–H and O–H groups in total. The van der Waals surface area contributed by atoms with Crippen LogP contribution < -0.4 is 5.73 Å². The Labute approximate surface area is 108 Å². The van der Waals surface area contributed by atoms with Crippen molar-refractivity contribution < 1.29 is 27.5 Å². The van der Waals surface area contributed by atoms with Gasteiger partial charge in [0.05, 0.1) is 6.54 Å². The van der Waals surface area contributed by atoms with Crippen molar-refractivity contribution in [1.29, 1.82) is 0 Å². The third-order valence-corrected chi connectivity index (χ3v) is 1.89. The summed E-state index contributed by atoms with van der Waals surface area (Å²) in [5.74, 6) is -2.27. The Morgan fingerprint density at radius 1 is 1.42 bits per heavy atom. The van der Waals surface area contributed by atoms with Gasteiger partial charge >= 0.3 is 12.1 Å². The fourth-order valence-electron chi connectivity index (χ4n) is 1.03. The van der Waals surface area contributed by atoms with Gasteiger partial charge in [-0.3, -0.25) is 4.79 Å². The summed E-state index contributed by atoms with van der Waals surface area (Å²) in [6, 6.07) is 0. The fraction of sp³-hybridized carbons (Fsp3) is 0.455. The second-order valence-corrected chi connectivity index (χ2v) is 3.38. The first-order valence-electron chi connectivity index (χ1n) is 5.14. The average Bonchev–Trinajstić information content (AvgIpc) is 2.32. The summed E-state index contributed by atoms with van der Waals surface area (Å²) in [6.07, 6.45) is 0.217. The van der Waals surface area contributed by atoms with Crippen LogP contribution >= 0.6 is 0 Å². The molecule has 0 unspecified atom stereocenters. The minimum Gasteiger partial charge on any atom is -0.415 e. The molecule has 0 bridgehead atoms. The van der Waals surface area contributed by atoms with Crippen LogP contribution in [0.25, 0.3) is 0 Å². The predicted octanol–water partition coefficient (Wildman–Crippen LogP) is 0.416. The van der Waals surface area contributed by atoms with Gasteiger partial charge in [0, 0.05) is 6.54 Å². The van der Waals surface area contributed by atoms with E-state index in [0.717, 1.165) is 4.90 Å². The highest BCUT2D eigenvalue weighted by atomic mass is 19.4. The van der Waals surface area contributed by atoms with Crippen molar-refractivity contribution in [3.8, 4) is 12.3 Å². The van der Waals surface area contributed by atoms with Gasteiger partial charge < -0.3 is 15.4 Å². The molecule has 0 heterocycles. The lowest BCUT2D eigenvalue weighted by Crippen LogP contribution is -2.36. The second-order valence-electron chi connectivity index (χ2n) is 3.38. The van der Waals surface area contributed by atoms with E-state index in [2.05, 4.69) is 17.2 Å². The lowest BCUT2D eigenvalue weighted by molar-refractivity contribution is -0.196. The van der Waals surface area contributed by atoms with Crippen LogP contribution in [-0.4, -0.2) is 42.6 Å². The average molecular weight is 278 g/mol. The number of rotatable bonds is 6. The summed E-state index contributed by atoms with van der Waals surface area (Å²) < 4.78 is 39.6. The van der Waals surface area contributed by atoms with E-state index in [0.29, 0.717) is 6.42 Å². The maximum absolute atomic E-state index is 11.9. The van der Waals surface area contributed by atoms with Crippen molar-refractivity contribution in [3.63, 3.8) is 0 Å². The summed E-state index contributed by atoms with van der Waals surface area (Å²) >= 11 is 0. The molecule has 8 heteroatoms. The Bertz CT molecular complexity index is 399. The van der Waals surface area contributed by atoms with Gasteiger partial charge in [0.2, 0.25) is 0 Å². The Kier molecular flexibility index (Phi) is 6.64. The highest BCUT2D eigenvalue weighted by molar-refractivity contribution is 5.94. The molecule has 0 aromatic carbocycles. The molecule has 0 aromatic heterocycles. The highest BCUT2D eigenvalue weighted by Crippen LogP contribution is 2.18. The number of nitrogens with zero attached hydrogens (tertiary/aromatic N) is 1. The lowest BCUT2D eigenvalue weighted by Gasteiger charge is -2.20. The van der Waals surface area contributed by atoms with Crippen molar-refractivity contribution in [3.05, 3.63) is 12.3 Å². The Balaban J connectivity index is 4.64. The van der Waals surface area contributed by atoms with Crippen molar-refractivity contribution in [2.75, 3.05) is 19.6 Å². The van der Waals surface area contributed by atoms with Crippen LogP contribution in [0, 0.1) is 12.3 Å². The van der Waals surface area contributed by atoms with Gasteiger partial charge in [-0.25, -0.2) is 4.79 Å². The largest absolute Gasteiger partial charge is 0.491 e. The fourth-order valence-corrected chi connectivity index (χ4v) is 1.03. The SMILES string of the molecule is C#CCN(CCCN)C(=O)C(=C)OC(=O)C(F)(F)F. The maximum atomic E-state index is 11.9. The van der Waals surface area contributed by atoms with E-state index in [-0.39, 0.29) is 19.6 Å². The first-order chi connectivity index (χ1) is 8.73. The zero-order valence-electron chi connectivity index (χ0n) is 10.00. The molecule has 0 aromatic rings. The number of alkyl halides is 3. The molecule has 106 valence electrons. The second kappa shape index (κ2) is 7.43. The quantitative estimate of drug-likeness (QED) is 0.331. The molecule has 0 atom stereocenters. The smallest absolute Gasteiger partial charge is 0.415 e. The molecule has 0 saturated carbocycles. The summed E-state index contributed by atoms with van der Waals surface area (Å²) in [5, 5.41) is 0. The molecular formula is C11H13F3N2O3. The van der Waals surface area contributed by atoms with Gasteiger partial charge in [-0.05, 0) is 13.0 Å². The molecule has 0 radical (unpaired) electrons. The summed E-state index contributed by atoms with van der Waals surface area (Å²) in [5.41, 5.74) is 5.24. The van der Waals surface area contributed by atoms with Crippen LogP contribution in [0.4, 0.5) is 13.2 Å². The molecule has 0 aliphatic rings. The molecule has 0 rings (SSSR count). The molecule has 0 aliphatic heterocycles. The Hall–Kier alpha value is -2.01. The van der Waals surface area contributed by atoms with E-state index >= 15 is 0 Å². The normalized spacial score (nSPS) is 10.5. The van der Waals surface area contributed by atoms with E-state index in [1.807, 2.05) is 0 Å². The van der Waals surface area contributed by atoms with Gasteiger partial charge in [-0.2, -0.15) is 13.2 Å². The molecule has 1 amide bonds. The number of amides is 1. The number of carbonyl (C=O) groups is 2. The highest BCUT2D eigenvalue weighted by Gasteiger charge is 2.42. The summed E-state index contributed by atoms with van der Waals surface area (Å²) in [7, 11) is 0. The molecular weight excluding hydrogens is 265 g/mol. The molecule has 19 heavy (non-hydrogen) atoms. The Morgan fingerprint density at radius 3 is 2.42 bits per heavy atom. The number of nitrogens with two attached hydrogens (primary N) is 1. The topological polar surface area (TPSA) is 72.6 Å². The maximum Gasteiger partial charge on any atom is 0.491 e. The summed E-state index contributed by atoms with van der Waals surface area (Å²) in [6.45, 7) is 3.23. The third-order valence-electron chi connectivity index (χ3n) is 1.89. The van der Waals surface area contributed by atoms with Gasteiger partial charge in [0.15, 0.2) is 5.76 Å². The predicted molar refractivity (Wildman–Crippen MR) is 60.4 cm³/mol. The van der Waals surface area contributed by atoms with Crippen molar-refractivity contribution in [2.24, 2.45) is 5.73 Å². The van der Waals surface area contributed by atoms with Crippen molar-refractivity contribution >= 4 is 11.9 Å². The van der Waals surface area contributed by atoms with Gasteiger partial charge in [-0.15, -0.1) is 6.42 Å². The number of ether oxygens (including phenoxy) is 1. The molecule has 0 spiro atoms. The van der Waals surface area contributed by atoms with Crippen LogP contribution in [0.2, 0.25) is 0 Å². The van der Waals surface area contributed by atoms with Gasteiger partial charge in [-0.1, -0.05) is 12.5 Å². The third kappa shape index (κ3) is 5.92. The van der Waals surface area contributed by atoms with E-state index in [9.17, 15) is 22.8 Å². The van der Waals surface area contributed by atoms with E-state index in [1.165, 1.54) is 0 Å². The van der Waals surface area contributed by atoms with Crippen LogP contribution in [0.1, 0.15) is 6.42 Å². The number of esters is 1. The molecule has 0 saturated heterocycles. The number of terminal acetylenes is 1. The standard InChI is InChI=1S/C11H13F3N2O3/c1-3-6-16(7-4-5-15)9(17)8(2)19-10(18)11(12,13)14/h1H,2,4-7,15H2. The van der Waals surface area contributed by atoms with Gasteiger partial charge in [0.1, 0.15) is 0 Å². The van der Waals surface area contributed by atoms with Crippen LogP contribution in [0.3, 0.4) is 0 Å².